The summed E-state index contributed by atoms with van der Waals surface area (Å²) in [6.07, 6.45) is 17.0. The molecule has 0 saturated heterocycles. The van der Waals surface area contributed by atoms with Crippen LogP contribution in [0.5, 0.6) is 11.5 Å². The fourth-order valence-electron chi connectivity index (χ4n) is 16.2. The minimum Gasteiger partial charge on any atom is -0.426 e. The SMILES string of the molecule is CC(=O)Oc1cc2c3c(cccc3c1-c1ccc(-c3ccc(-c4c(OC(C)=O)cc5c6c(cccc46)C(=O)N(c4c(C6CCCC6)cc(C(C)C)cc4C4CCCC4)C5=O)cc3)cc1)C(=O)N(c1c(C3CCCC3)cc(C(C)C)cc1C1CCCC1)C2=O. The molecule has 2 heterocycles. The summed E-state index contributed by atoms with van der Waals surface area (Å²) in [5.41, 5.74) is 14.3. The normalized spacial score (nSPS) is 17.5. The van der Waals surface area contributed by atoms with Crippen LogP contribution in [0.3, 0.4) is 0 Å². The molecule has 14 rings (SSSR count). The molecule has 6 aliphatic rings. The summed E-state index contributed by atoms with van der Waals surface area (Å²) >= 11 is 0. The fraction of sp³-hybridized carbons (Fsp3) is 0.359. The van der Waals surface area contributed by atoms with Crippen molar-refractivity contribution in [2.24, 2.45) is 0 Å². The number of anilines is 2. The summed E-state index contributed by atoms with van der Waals surface area (Å²) in [7, 11) is 0. The Hall–Kier alpha value is -8.50. The van der Waals surface area contributed by atoms with Crippen molar-refractivity contribution < 1.29 is 38.2 Å². The van der Waals surface area contributed by atoms with Gasteiger partial charge in [0, 0.05) is 46.9 Å². The van der Waals surface area contributed by atoms with Crippen molar-refractivity contribution in [3.63, 3.8) is 0 Å². The fourth-order valence-corrected chi connectivity index (χ4v) is 16.2. The molecule has 0 N–H and O–H groups in total. The van der Waals surface area contributed by atoms with E-state index in [0.29, 0.717) is 54.9 Å². The lowest BCUT2D eigenvalue weighted by molar-refractivity contribution is -0.132. The highest BCUT2D eigenvalue weighted by Gasteiger charge is 2.43. The lowest BCUT2D eigenvalue weighted by Crippen LogP contribution is -2.42. The number of carbonyl (C=O) groups excluding carboxylic acids is 6. The number of hydrogen-bond acceptors (Lipinski definition) is 8. The maximum absolute atomic E-state index is 15.5. The predicted molar refractivity (Wildman–Crippen MR) is 349 cm³/mol. The molecular formula is C78H76N2O8. The number of imide groups is 2. The van der Waals surface area contributed by atoms with Gasteiger partial charge in [-0.25, -0.2) is 9.80 Å². The summed E-state index contributed by atoms with van der Waals surface area (Å²) in [4.78, 5) is 90.7. The Morgan fingerprint density at radius 3 is 0.955 bits per heavy atom. The van der Waals surface area contributed by atoms with Gasteiger partial charge < -0.3 is 9.47 Å². The summed E-state index contributed by atoms with van der Waals surface area (Å²) in [6.45, 7) is 11.6. The summed E-state index contributed by atoms with van der Waals surface area (Å²) in [5.74, 6) is -0.557. The van der Waals surface area contributed by atoms with E-state index in [9.17, 15) is 9.59 Å². The van der Waals surface area contributed by atoms with E-state index in [1.165, 1.54) is 34.8 Å². The summed E-state index contributed by atoms with van der Waals surface area (Å²) in [6, 6.07) is 39.4. The van der Waals surface area contributed by atoms with Gasteiger partial charge in [-0.2, -0.15) is 0 Å². The maximum Gasteiger partial charge on any atom is 0.308 e. The number of carbonyl (C=O) groups is 6. The summed E-state index contributed by atoms with van der Waals surface area (Å²) < 4.78 is 12.1. The van der Waals surface area contributed by atoms with Crippen molar-refractivity contribution in [3.8, 4) is 44.9 Å². The maximum atomic E-state index is 15.5. The minimum atomic E-state index is -0.533. The van der Waals surface area contributed by atoms with Gasteiger partial charge in [0.15, 0.2) is 0 Å². The Morgan fingerprint density at radius 2 is 0.670 bits per heavy atom. The Kier molecular flexibility index (Phi) is 14.9. The van der Waals surface area contributed by atoms with Gasteiger partial charge in [-0.1, -0.05) is 176 Å². The zero-order valence-corrected chi connectivity index (χ0v) is 51.5. The number of esters is 2. The van der Waals surface area contributed by atoms with E-state index in [4.69, 9.17) is 9.47 Å². The monoisotopic (exact) mass is 1170 g/mol. The van der Waals surface area contributed by atoms with Gasteiger partial charge in [-0.15, -0.1) is 0 Å². The molecule has 10 nitrogen and oxygen atoms in total. The second-order valence-electron chi connectivity index (χ2n) is 26.6. The number of hydrogen-bond donors (Lipinski definition) is 0. The molecule has 0 unspecified atom stereocenters. The van der Waals surface area contributed by atoms with Crippen molar-refractivity contribution in [1.82, 2.24) is 0 Å². The molecular weight excluding hydrogens is 1090 g/mol. The van der Waals surface area contributed by atoms with Crippen molar-refractivity contribution >= 4 is 68.5 Å². The average molecular weight is 1170 g/mol. The number of benzene rings is 8. The van der Waals surface area contributed by atoms with Crippen molar-refractivity contribution in [2.75, 3.05) is 9.80 Å². The third-order valence-corrected chi connectivity index (χ3v) is 20.5. The predicted octanol–water partition coefficient (Wildman–Crippen LogP) is 19.3. The van der Waals surface area contributed by atoms with Gasteiger partial charge >= 0.3 is 11.9 Å². The third kappa shape index (κ3) is 9.77. The smallest absolute Gasteiger partial charge is 0.308 e. The molecule has 4 saturated carbocycles. The van der Waals surface area contributed by atoms with Gasteiger partial charge in [0.1, 0.15) is 11.5 Å². The molecule has 8 aromatic rings. The van der Waals surface area contributed by atoms with Crippen LogP contribution in [-0.4, -0.2) is 35.6 Å². The Balaban J connectivity index is 0.821. The number of nitrogens with zero attached hydrogens (tertiary/aromatic N) is 2. The van der Waals surface area contributed by atoms with E-state index in [0.717, 1.165) is 159 Å². The average Bonchev–Trinajstić information content (AvgIpc) is 0.887. The van der Waals surface area contributed by atoms with Crippen LogP contribution < -0.4 is 19.3 Å². The van der Waals surface area contributed by atoms with E-state index in [2.05, 4.69) is 52.0 Å². The first kappa shape index (κ1) is 57.3. The van der Waals surface area contributed by atoms with Crippen molar-refractivity contribution in [2.45, 2.75) is 180 Å². The molecule has 0 radical (unpaired) electrons. The first-order valence-corrected chi connectivity index (χ1v) is 32.5. The number of ether oxygens (including phenoxy) is 2. The molecule has 0 aromatic heterocycles. The molecule has 0 spiro atoms. The first-order chi connectivity index (χ1) is 42.6. The second kappa shape index (κ2) is 22.9. The zero-order chi connectivity index (χ0) is 60.8. The van der Waals surface area contributed by atoms with Gasteiger partial charge in [-0.05, 0) is 178 Å². The summed E-state index contributed by atoms with van der Waals surface area (Å²) in [5, 5.41) is 2.35. The lowest BCUT2D eigenvalue weighted by atomic mass is 9.82. The van der Waals surface area contributed by atoms with Gasteiger partial charge in [0.25, 0.3) is 23.6 Å². The molecule has 4 amide bonds. The van der Waals surface area contributed by atoms with Gasteiger partial charge in [-0.3, -0.25) is 28.8 Å². The largest absolute Gasteiger partial charge is 0.426 e. The topological polar surface area (TPSA) is 127 Å². The molecule has 446 valence electrons. The molecule has 8 aromatic carbocycles. The molecule has 10 heteroatoms. The van der Waals surface area contributed by atoms with Crippen LogP contribution >= 0.6 is 0 Å². The Labute approximate surface area is 515 Å². The number of rotatable bonds is 13. The molecule has 4 aliphatic carbocycles. The van der Waals surface area contributed by atoms with Crippen LogP contribution in [0.25, 0.3) is 54.9 Å². The first-order valence-electron chi connectivity index (χ1n) is 32.5. The van der Waals surface area contributed by atoms with Gasteiger partial charge in [0.2, 0.25) is 0 Å². The van der Waals surface area contributed by atoms with E-state index in [1.807, 2.05) is 84.9 Å². The quantitative estimate of drug-likeness (QED) is 0.0634. The second-order valence-corrected chi connectivity index (χ2v) is 26.6. The highest BCUT2D eigenvalue weighted by atomic mass is 16.5. The standard InChI is InChI=1S/C78H76N2O8/c1-43(2)55-37-61(49-17-7-8-18-49)73(62(38-55)50-19-9-10-20-50)79-75(83)59-27-15-25-57-69(67(87-45(5)81)41-65(71(57)59)77(79)85)53-33-29-47(30-34-53)48-31-35-54(36-32-48)70-58-26-16-28-60-72(58)66(42-68(70)88-46(6)82)78(86)80(76(60)84)74-63(51-21-11-12-22-51)39-56(44(3)4)40-64(74)52-23-13-14-24-52/h15-16,25-44,49-52H,7-14,17-24H2,1-6H3. The minimum absolute atomic E-state index is 0.234. The third-order valence-electron chi connectivity index (χ3n) is 20.5. The van der Waals surface area contributed by atoms with Crippen LogP contribution in [0.1, 0.15) is 255 Å². The van der Waals surface area contributed by atoms with Crippen LogP contribution in [0.2, 0.25) is 0 Å². The van der Waals surface area contributed by atoms with E-state index < -0.39 is 23.8 Å². The van der Waals surface area contributed by atoms with Crippen LogP contribution in [0, 0.1) is 0 Å². The van der Waals surface area contributed by atoms with Crippen molar-refractivity contribution in [1.29, 1.82) is 0 Å². The molecule has 88 heavy (non-hydrogen) atoms. The molecule has 0 atom stereocenters. The van der Waals surface area contributed by atoms with Crippen LogP contribution in [0.4, 0.5) is 11.4 Å². The molecule has 0 bridgehead atoms. The Bertz CT molecular complexity index is 3880. The van der Waals surface area contributed by atoms with E-state index in [1.54, 1.807) is 12.1 Å². The number of amides is 4. The lowest BCUT2D eigenvalue weighted by Gasteiger charge is -2.34. The highest BCUT2D eigenvalue weighted by molar-refractivity contribution is 6.38. The van der Waals surface area contributed by atoms with E-state index >= 15 is 19.2 Å². The van der Waals surface area contributed by atoms with E-state index in [-0.39, 0.29) is 58.8 Å². The highest BCUT2D eigenvalue weighted by Crippen LogP contribution is 2.53. The molecule has 2 aliphatic heterocycles. The van der Waals surface area contributed by atoms with Crippen LogP contribution in [-0.2, 0) is 9.59 Å². The Morgan fingerprint density at radius 1 is 0.386 bits per heavy atom. The molecule has 4 fully saturated rings. The van der Waals surface area contributed by atoms with Gasteiger partial charge in [0.05, 0.1) is 22.5 Å². The zero-order valence-electron chi connectivity index (χ0n) is 51.5. The van der Waals surface area contributed by atoms with Crippen LogP contribution in [0.15, 0.2) is 121 Å². The van der Waals surface area contributed by atoms with Crippen molar-refractivity contribution in [3.05, 3.63) is 177 Å².